The summed E-state index contributed by atoms with van der Waals surface area (Å²) >= 11 is 7.55. The number of ketones is 1. The lowest BCUT2D eigenvalue weighted by molar-refractivity contribution is 0.101. The van der Waals surface area contributed by atoms with Gasteiger partial charge in [0.1, 0.15) is 5.49 Å². The minimum atomic E-state index is 0.0113. The topological polar surface area (TPSA) is 70.2 Å². The van der Waals surface area contributed by atoms with Crippen LogP contribution in [0.4, 0.5) is 11.4 Å². The zero-order chi connectivity index (χ0) is 19.6. The van der Waals surface area contributed by atoms with Crippen molar-refractivity contribution >= 4 is 46.3 Å². The molecule has 0 unspecified atom stereocenters. The number of halogens is 1. The summed E-state index contributed by atoms with van der Waals surface area (Å²) in [5.74, 6) is 0.521. The van der Waals surface area contributed by atoms with Gasteiger partial charge >= 0.3 is 0 Å². The molecule has 0 aliphatic carbocycles. The third-order valence-corrected chi connectivity index (χ3v) is 5.29. The van der Waals surface area contributed by atoms with E-state index in [4.69, 9.17) is 17.0 Å². The van der Waals surface area contributed by atoms with Crippen LogP contribution in [0.15, 0.2) is 53.5 Å². The molecule has 0 amide bonds. The zero-order valence-electron chi connectivity index (χ0n) is 15.2. The van der Waals surface area contributed by atoms with Crippen LogP contribution in [-0.4, -0.2) is 15.7 Å². The van der Waals surface area contributed by atoms with Gasteiger partial charge in [0.2, 0.25) is 5.96 Å². The molecule has 1 heterocycles. The largest absolute Gasteiger partial charge is 0.325 e. The summed E-state index contributed by atoms with van der Waals surface area (Å²) in [6.07, 6.45) is 0. The Morgan fingerprint density at radius 3 is 2.41 bits per heavy atom. The van der Waals surface area contributed by atoms with Crippen molar-refractivity contribution in [3.8, 4) is 0 Å². The number of rotatable bonds is 3. The molecule has 27 heavy (non-hydrogen) atoms. The predicted molar refractivity (Wildman–Crippen MR) is 112 cm³/mol. The Morgan fingerprint density at radius 1 is 1.15 bits per heavy atom. The summed E-state index contributed by atoms with van der Waals surface area (Å²) in [6, 6.07) is 14.5. The molecule has 0 aliphatic rings. The van der Waals surface area contributed by atoms with Gasteiger partial charge in [0.05, 0.1) is 5.69 Å². The Bertz CT molecular complexity index is 1080. The first-order valence-corrected chi connectivity index (χ1v) is 9.46. The lowest BCUT2D eigenvalue weighted by Crippen LogP contribution is -2.28. The molecule has 2 N–H and O–H groups in total. The fourth-order valence-electron chi connectivity index (χ4n) is 2.50. The molecular weight excluding hydrogens is 380 g/mol. The van der Waals surface area contributed by atoms with Crippen molar-refractivity contribution in [1.82, 2.24) is 3.96 Å². The number of hydrogen-bond acceptors (Lipinski definition) is 4. The van der Waals surface area contributed by atoms with Gasteiger partial charge in [-0.15, -0.1) is 0 Å². The smallest absolute Gasteiger partial charge is 0.223 e. The number of aryl methyl sites for hydroxylation is 2. The minimum Gasteiger partial charge on any atom is -0.325 e. The molecule has 0 fully saturated rings. The van der Waals surface area contributed by atoms with Gasteiger partial charge in [-0.1, -0.05) is 23.1 Å². The first-order chi connectivity index (χ1) is 12.8. The van der Waals surface area contributed by atoms with Crippen LogP contribution in [0, 0.1) is 19.3 Å². The Hall–Kier alpha value is -2.70. The maximum Gasteiger partial charge on any atom is 0.223 e. The van der Waals surface area contributed by atoms with Crippen molar-refractivity contribution in [1.29, 1.82) is 5.41 Å². The average Bonchev–Trinajstić information content (AvgIpc) is 2.96. The monoisotopic (exact) mass is 398 g/mol. The SMILES string of the molecule is CC(=O)c1ccc(N=C(Nc2ccc(Cl)c(C)c2)n2sc(C)cc2=N)cc1. The molecule has 2 aromatic carbocycles. The molecular formula is C20H19ClN4OS. The van der Waals surface area contributed by atoms with Gasteiger partial charge in [0, 0.05) is 21.2 Å². The second-order valence-corrected chi connectivity index (χ2v) is 7.75. The maximum absolute atomic E-state index is 11.5. The van der Waals surface area contributed by atoms with E-state index in [1.807, 2.05) is 32.0 Å². The molecule has 7 heteroatoms. The van der Waals surface area contributed by atoms with E-state index in [2.05, 4.69) is 10.3 Å². The minimum absolute atomic E-state index is 0.0113. The van der Waals surface area contributed by atoms with Crippen molar-refractivity contribution in [2.45, 2.75) is 20.8 Å². The van der Waals surface area contributed by atoms with Gasteiger partial charge in [0.15, 0.2) is 5.78 Å². The number of Topliss-reactive ketones (excluding diaryl/α,β-unsaturated/α-hetero) is 1. The molecule has 3 aromatic rings. The van der Waals surface area contributed by atoms with Crippen molar-refractivity contribution < 1.29 is 4.79 Å². The molecule has 0 atom stereocenters. The van der Waals surface area contributed by atoms with Crippen molar-refractivity contribution in [3.63, 3.8) is 0 Å². The lowest BCUT2D eigenvalue weighted by Gasteiger charge is -2.12. The molecule has 0 spiro atoms. The van der Waals surface area contributed by atoms with Crippen LogP contribution in [0.25, 0.3) is 0 Å². The number of hydrogen-bond donors (Lipinski definition) is 2. The maximum atomic E-state index is 11.5. The lowest BCUT2D eigenvalue weighted by atomic mass is 10.1. The summed E-state index contributed by atoms with van der Waals surface area (Å²) < 4.78 is 1.72. The van der Waals surface area contributed by atoms with Crippen molar-refractivity contribution in [2.75, 3.05) is 5.32 Å². The van der Waals surface area contributed by atoms with Crippen molar-refractivity contribution in [2.24, 2.45) is 4.99 Å². The number of benzene rings is 2. The highest BCUT2D eigenvalue weighted by molar-refractivity contribution is 7.07. The highest BCUT2D eigenvalue weighted by Crippen LogP contribution is 2.21. The van der Waals surface area contributed by atoms with E-state index in [0.717, 1.165) is 16.1 Å². The molecule has 0 saturated heterocycles. The number of aromatic nitrogens is 1. The van der Waals surface area contributed by atoms with Crippen LogP contribution < -0.4 is 10.8 Å². The highest BCUT2D eigenvalue weighted by Gasteiger charge is 2.09. The highest BCUT2D eigenvalue weighted by atomic mass is 35.5. The first kappa shape index (κ1) is 19.1. The second kappa shape index (κ2) is 7.90. The first-order valence-electron chi connectivity index (χ1n) is 8.31. The quantitative estimate of drug-likeness (QED) is 0.364. The third kappa shape index (κ3) is 4.53. The van der Waals surface area contributed by atoms with Crippen molar-refractivity contribution in [3.05, 3.63) is 75.0 Å². The third-order valence-electron chi connectivity index (χ3n) is 3.91. The van der Waals surface area contributed by atoms with E-state index >= 15 is 0 Å². The number of anilines is 1. The zero-order valence-corrected chi connectivity index (χ0v) is 16.8. The molecule has 0 radical (unpaired) electrons. The average molecular weight is 399 g/mol. The van der Waals surface area contributed by atoms with Crippen LogP contribution in [0.1, 0.15) is 27.7 Å². The number of nitrogens with zero attached hydrogens (tertiary/aromatic N) is 2. The summed E-state index contributed by atoms with van der Waals surface area (Å²) in [5, 5.41) is 12.2. The standard InChI is InChI=1S/C20H19ClN4OS/c1-12-10-17(8-9-18(12)21)24-20(25-19(22)11-13(2)27-25)23-16-6-4-15(5-7-16)14(3)26/h4-11,22H,1-3H3,(H,23,24). The van der Waals surface area contributed by atoms with Crippen LogP contribution in [-0.2, 0) is 0 Å². The van der Waals surface area contributed by atoms with E-state index in [1.165, 1.54) is 18.5 Å². The fourth-order valence-corrected chi connectivity index (χ4v) is 3.39. The van der Waals surface area contributed by atoms with Gasteiger partial charge in [0.25, 0.3) is 0 Å². The summed E-state index contributed by atoms with van der Waals surface area (Å²) in [7, 11) is 0. The summed E-state index contributed by atoms with van der Waals surface area (Å²) in [5.41, 5.74) is 3.44. The van der Waals surface area contributed by atoms with Gasteiger partial charge in [-0.05, 0) is 74.9 Å². The van der Waals surface area contributed by atoms with Crippen LogP contribution in [0.3, 0.4) is 0 Å². The summed E-state index contributed by atoms with van der Waals surface area (Å²) in [6.45, 7) is 5.42. The van der Waals surface area contributed by atoms with Crippen LogP contribution >= 0.6 is 23.1 Å². The van der Waals surface area contributed by atoms with E-state index < -0.39 is 0 Å². The summed E-state index contributed by atoms with van der Waals surface area (Å²) in [4.78, 5) is 17.1. The fraction of sp³-hybridized carbons (Fsp3) is 0.150. The Morgan fingerprint density at radius 2 is 1.85 bits per heavy atom. The normalized spacial score (nSPS) is 11.5. The molecule has 3 rings (SSSR count). The Labute approximate surface area is 166 Å². The van der Waals surface area contributed by atoms with Crippen LogP contribution in [0.2, 0.25) is 5.02 Å². The molecule has 0 saturated carbocycles. The second-order valence-electron chi connectivity index (χ2n) is 6.15. The molecule has 1 aromatic heterocycles. The molecule has 0 bridgehead atoms. The molecule has 138 valence electrons. The van der Waals surface area contributed by atoms with Gasteiger partial charge in [-0.2, -0.15) is 0 Å². The van der Waals surface area contributed by atoms with Crippen LogP contribution in [0.5, 0.6) is 0 Å². The number of aliphatic imine (C=N–C) groups is 1. The van der Waals surface area contributed by atoms with E-state index in [0.29, 0.717) is 27.7 Å². The van der Waals surface area contributed by atoms with E-state index in [9.17, 15) is 4.79 Å². The van der Waals surface area contributed by atoms with Gasteiger partial charge in [-0.25, -0.2) is 8.95 Å². The number of nitrogens with one attached hydrogen (secondary N) is 2. The Kier molecular flexibility index (Phi) is 5.58. The molecule has 5 nitrogen and oxygen atoms in total. The van der Waals surface area contributed by atoms with Gasteiger partial charge in [-0.3, -0.25) is 10.2 Å². The van der Waals surface area contributed by atoms with Gasteiger partial charge < -0.3 is 5.32 Å². The number of carbonyl (C=O) groups excluding carboxylic acids is 1. The predicted octanol–water partition coefficient (Wildman–Crippen LogP) is 5.15. The van der Waals surface area contributed by atoms with E-state index in [-0.39, 0.29) is 5.78 Å². The van der Waals surface area contributed by atoms with E-state index in [1.54, 1.807) is 34.3 Å². The number of carbonyl (C=O) groups is 1. The molecule has 0 aliphatic heterocycles. The Balaban J connectivity index is 2.03.